The number of rotatable bonds is 6. The van der Waals surface area contributed by atoms with Crippen LogP contribution in [0.3, 0.4) is 0 Å². The van der Waals surface area contributed by atoms with Crippen LogP contribution < -0.4 is 5.73 Å². The fourth-order valence-corrected chi connectivity index (χ4v) is 8.15. The van der Waals surface area contributed by atoms with Gasteiger partial charge in [-0.25, -0.2) is 21.6 Å². The van der Waals surface area contributed by atoms with Crippen LogP contribution in [0.25, 0.3) is 0 Å². The quantitative estimate of drug-likeness (QED) is 0.515. The highest BCUT2D eigenvalue weighted by Crippen LogP contribution is 2.68. The molecule has 14 heteroatoms. The van der Waals surface area contributed by atoms with E-state index in [4.69, 9.17) is 17.3 Å². The Labute approximate surface area is 208 Å². The average Bonchev–Trinajstić information content (AvgIpc) is 3.22. The highest BCUT2D eigenvalue weighted by Gasteiger charge is 2.76. The maximum atomic E-state index is 13.9. The summed E-state index contributed by atoms with van der Waals surface area (Å²) in [6.07, 6.45) is -2.25. The number of amides is 2. The van der Waals surface area contributed by atoms with Crippen LogP contribution in [0.15, 0.2) is 23.1 Å². The summed E-state index contributed by atoms with van der Waals surface area (Å²) in [7, 11) is -4.45. The summed E-state index contributed by atoms with van der Waals surface area (Å²) in [6.45, 7) is -1.34. The molecule has 9 nitrogen and oxygen atoms in total. The van der Waals surface area contributed by atoms with Crippen LogP contribution in [0.5, 0.6) is 0 Å². The van der Waals surface area contributed by atoms with Gasteiger partial charge in [0.2, 0.25) is 11.8 Å². The van der Waals surface area contributed by atoms with Crippen LogP contribution in [0.4, 0.5) is 13.2 Å². The monoisotopic (exact) mass is 547 g/mol. The summed E-state index contributed by atoms with van der Waals surface area (Å²) in [5.74, 6) is -10.7. The first-order chi connectivity index (χ1) is 16.6. The van der Waals surface area contributed by atoms with E-state index in [1.807, 2.05) is 0 Å². The van der Waals surface area contributed by atoms with Crippen molar-refractivity contribution in [2.24, 2.45) is 28.4 Å². The number of sulfone groups is 1. The minimum absolute atomic E-state index is 0.324. The molecule has 0 aromatic heterocycles. The van der Waals surface area contributed by atoms with E-state index in [0.29, 0.717) is 0 Å². The molecule has 2 aliphatic carbocycles. The van der Waals surface area contributed by atoms with E-state index >= 15 is 0 Å². The molecule has 2 saturated carbocycles. The second-order valence-electron chi connectivity index (χ2n) is 9.65. The molecular formula is C22H21ClF3N3O6S. The number of hydrogen-bond donors (Lipinski definition) is 2. The van der Waals surface area contributed by atoms with Gasteiger partial charge in [0.05, 0.1) is 39.1 Å². The number of alkyl halides is 2. The Kier molecular flexibility index (Phi) is 6.08. The second-order valence-corrected chi connectivity index (χ2v) is 12.3. The molecule has 3 fully saturated rings. The largest absolute Gasteiger partial charge is 0.481 e. The third-order valence-corrected chi connectivity index (χ3v) is 10.4. The number of halogens is 4. The van der Waals surface area contributed by atoms with Gasteiger partial charge in [-0.05, 0) is 37.5 Å². The lowest BCUT2D eigenvalue weighted by molar-refractivity contribution is -0.160. The molecular weight excluding hydrogens is 527 g/mol. The van der Waals surface area contributed by atoms with Crippen LogP contribution in [0.1, 0.15) is 25.7 Å². The summed E-state index contributed by atoms with van der Waals surface area (Å²) in [6, 6.07) is 4.23. The Hall–Kier alpha value is -2.85. The first-order valence-electron chi connectivity index (χ1n) is 10.9. The lowest BCUT2D eigenvalue weighted by Gasteiger charge is -2.34. The van der Waals surface area contributed by atoms with E-state index in [1.54, 1.807) is 6.07 Å². The predicted molar refractivity (Wildman–Crippen MR) is 117 cm³/mol. The number of nitriles is 1. The minimum atomic E-state index is -4.45. The van der Waals surface area contributed by atoms with E-state index < -0.39 is 103 Å². The maximum Gasteiger partial charge on any atom is 0.310 e. The van der Waals surface area contributed by atoms with Crippen LogP contribution in [-0.4, -0.2) is 60.5 Å². The zero-order chi connectivity index (χ0) is 26.8. The molecule has 0 radical (unpaired) electrons. The highest BCUT2D eigenvalue weighted by molar-refractivity contribution is 7.92. The number of nitrogens with zero attached hydrogens (tertiary/aromatic N) is 2. The second kappa shape index (κ2) is 8.34. The van der Waals surface area contributed by atoms with Gasteiger partial charge in [-0.1, -0.05) is 11.6 Å². The summed E-state index contributed by atoms with van der Waals surface area (Å²) >= 11 is 5.95. The molecule has 1 heterocycles. The number of primary amides is 1. The summed E-state index contributed by atoms with van der Waals surface area (Å²) in [5, 5.41) is 18.0. The highest BCUT2D eigenvalue weighted by atomic mass is 35.5. The molecule has 1 aromatic carbocycles. The molecule has 1 aromatic rings. The number of carbonyl (C=O) groups is 3. The Bertz CT molecular complexity index is 1320. The van der Waals surface area contributed by atoms with Crippen molar-refractivity contribution in [1.82, 2.24) is 4.90 Å². The number of carbonyl (C=O) groups excluding carboxylic acids is 2. The number of carboxylic acids is 1. The normalized spacial score (nSPS) is 33.2. The van der Waals surface area contributed by atoms with Crippen molar-refractivity contribution in [1.29, 1.82) is 5.26 Å². The number of likely N-dealkylation sites (tertiary alicyclic amines) is 1. The topological polar surface area (TPSA) is 159 Å². The molecule has 194 valence electrons. The number of benzene rings is 1. The molecule has 2 unspecified atom stereocenters. The average molecular weight is 548 g/mol. The van der Waals surface area contributed by atoms with Gasteiger partial charge in [0, 0.05) is 18.9 Å². The first kappa shape index (κ1) is 26.2. The zero-order valence-electron chi connectivity index (χ0n) is 18.6. The molecule has 0 spiro atoms. The van der Waals surface area contributed by atoms with Crippen molar-refractivity contribution in [3.8, 4) is 6.07 Å². The van der Waals surface area contributed by atoms with Crippen LogP contribution in [0, 0.1) is 39.8 Å². The molecule has 1 aliphatic heterocycles. The van der Waals surface area contributed by atoms with E-state index in [1.165, 1.54) is 0 Å². The number of aliphatic carboxylic acids is 1. The van der Waals surface area contributed by atoms with Gasteiger partial charge >= 0.3 is 5.97 Å². The van der Waals surface area contributed by atoms with Crippen molar-refractivity contribution in [2.45, 2.75) is 41.8 Å². The Morgan fingerprint density at radius 1 is 1.25 bits per heavy atom. The fourth-order valence-electron chi connectivity index (χ4n) is 5.77. The molecule has 3 N–H and O–H groups in total. The summed E-state index contributed by atoms with van der Waals surface area (Å²) in [5.41, 5.74) is 1.17. The van der Waals surface area contributed by atoms with Crippen LogP contribution in [-0.2, 0) is 24.2 Å². The van der Waals surface area contributed by atoms with Crippen molar-refractivity contribution >= 4 is 39.2 Å². The van der Waals surface area contributed by atoms with E-state index in [-0.39, 0.29) is 13.0 Å². The van der Waals surface area contributed by atoms with Crippen molar-refractivity contribution < 1.29 is 41.1 Å². The van der Waals surface area contributed by atoms with Crippen molar-refractivity contribution in [2.75, 3.05) is 13.1 Å². The first-order valence-corrected chi connectivity index (χ1v) is 12.8. The SMILES string of the molecule is N#CC1(C(N)=O)CC1[C@]1(C(=O)O)C[C@H](S(=O)(=O)c2ccc(F)cc2Cl)C[C@H]1C(=O)N1CCC(F)(F)C1. The fraction of sp³-hybridized carbons (Fsp3) is 0.545. The third-order valence-electron chi connectivity index (χ3n) is 7.72. The van der Waals surface area contributed by atoms with Gasteiger partial charge in [0.15, 0.2) is 9.84 Å². The predicted octanol–water partition coefficient (Wildman–Crippen LogP) is 1.99. The molecule has 2 amide bonds. The van der Waals surface area contributed by atoms with E-state index in [2.05, 4.69) is 0 Å². The van der Waals surface area contributed by atoms with Gasteiger partial charge in [-0.3, -0.25) is 14.4 Å². The van der Waals surface area contributed by atoms with Crippen molar-refractivity contribution in [3.05, 3.63) is 29.0 Å². The smallest absolute Gasteiger partial charge is 0.310 e. The molecule has 4 rings (SSSR count). The Morgan fingerprint density at radius 2 is 1.92 bits per heavy atom. The van der Waals surface area contributed by atoms with Crippen LogP contribution in [0.2, 0.25) is 5.02 Å². The Morgan fingerprint density at radius 3 is 2.39 bits per heavy atom. The minimum Gasteiger partial charge on any atom is -0.481 e. The molecule has 1 saturated heterocycles. The number of hydrogen-bond acceptors (Lipinski definition) is 6. The van der Waals surface area contributed by atoms with Gasteiger partial charge in [0.25, 0.3) is 5.92 Å². The standard InChI is InChI=1S/C22H21ClF3N3O6S/c23-14-5-11(24)1-2-15(14)36(34,35)12-6-13(17(30)29-4-3-21(25,26)10-29)22(7-12,19(32)33)16-8-20(16,9-27)18(28)31/h1-2,5,12-13,16H,3-4,6-8,10H2,(H2,28,31)(H,32,33)/t12-,13+,16?,20?,22+/m1/s1. The van der Waals surface area contributed by atoms with Gasteiger partial charge in [-0.2, -0.15) is 5.26 Å². The zero-order valence-corrected chi connectivity index (χ0v) is 20.2. The molecule has 0 bridgehead atoms. The lowest BCUT2D eigenvalue weighted by atomic mass is 9.70. The molecule has 3 aliphatic rings. The summed E-state index contributed by atoms with van der Waals surface area (Å²) < 4.78 is 68.2. The van der Waals surface area contributed by atoms with Crippen molar-refractivity contribution in [3.63, 3.8) is 0 Å². The van der Waals surface area contributed by atoms with Gasteiger partial charge in [-0.15, -0.1) is 0 Å². The molecule has 36 heavy (non-hydrogen) atoms. The lowest BCUT2D eigenvalue weighted by Crippen LogP contribution is -2.48. The van der Waals surface area contributed by atoms with Gasteiger partial charge < -0.3 is 15.7 Å². The van der Waals surface area contributed by atoms with Crippen LogP contribution >= 0.6 is 11.6 Å². The summed E-state index contributed by atoms with van der Waals surface area (Å²) in [4.78, 5) is 38.6. The number of nitrogens with two attached hydrogens (primary N) is 1. The Balaban J connectivity index is 1.81. The third kappa shape index (κ3) is 3.82. The van der Waals surface area contributed by atoms with Gasteiger partial charge in [0.1, 0.15) is 11.2 Å². The maximum absolute atomic E-state index is 13.9. The number of carboxylic acid groups (broad SMARTS) is 1. The molecule has 5 atom stereocenters. The van der Waals surface area contributed by atoms with E-state index in [9.17, 15) is 46.3 Å². The van der Waals surface area contributed by atoms with E-state index in [0.717, 1.165) is 23.1 Å².